The Balaban J connectivity index is 1.36. The average molecular weight is 589 g/mol. The SMILES string of the molecule is c1ccc(-c2ccc3c(c2)c2ccccc2c2c3cc(-c3ncc4c(ccc5ccccc54)n3)c3c4ccccc4sc32)cc1. The molecule has 0 fully saturated rings. The molecule has 0 unspecified atom stereocenters. The summed E-state index contributed by atoms with van der Waals surface area (Å²) in [6, 6.07) is 50.3. The maximum absolute atomic E-state index is 5.23. The first-order valence-electron chi connectivity index (χ1n) is 15.2. The summed E-state index contributed by atoms with van der Waals surface area (Å²) in [4.78, 5) is 10.3. The summed E-state index contributed by atoms with van der Waals surface area (Å²) in [5.41, 5.74) is 4.48. The van der Waals surface area contributed by atoms with Gasteiger partial charge in [-0.3, -0.25) is 0 Å². The van der Waals surface area contributed by atoms with Crippen LogP contribution < -0.4 is 0 Å². The standard InChI is InChI=1S/C42H24N2S/c1-2-10-25(11-3-1)27-18-20-30-33(22-27)29-14-6-7-15-31(29)39-34(30)23-35(40-32-16-8-9-17-38(32)45-41(39)40)42-43-24-36-28-13-5-4-12-26(28)19-21-37(36)44-42/h1-24H. The lowest BCUT2D eigenvalue weighted by Gasteiger charge is -2.15. The number of benzene rings is 8. The summed E-state index contributed by atoms with van der Waals surface area (Å²) in [7, 11) is 0. The molecule has 0 aliphatic rings. The summed E-state index contributed by atoms with van der Waals surface area (Å²) < 4.78 is 2.56. The quantitative estimate of drug-likeness (QED) is 0.188. The monoisotopic (exact) mass is 588 g/mol. The van der Waals surface area contributed by atoms with E-state index in [2.05, 4.69) is 140 Å². The zero-order valence-electron chi connectivity index (χ0n) is 24.2. The van der Waals surface area contributed by atoms with E-state index >= 15 is 0 Å². The predicted molar refractivity (Wildman–Crippen MR) is 193 cm³/mol. The number of hydrogen-bond acceptors (Lipinski definition) is 3. The summed E-state index contributed by atoms with van der Waals surface area (Å²) in [5.74, 6) is 0.760. The molecule has 10 rings (SSSR count). The molecule has 0 N–H and O–H groups in total. The van der Waals surface area contributed by atoms with Crippen LogP contribution >= 0.6 is 11.3 Å². The van der Waals surface area contributed by atoms with Crippen LogP contribution in [0.15, 0.2) is 146 Å². The van der Waals surface area contributed by atoms with Crippen molar-refractivity contribution in [2.24, 2.45) is 0 Å². The Bertz CT molecular complexity index is 2810. The van der Waals surface area contributed by atoms with Crippen LogP contribution in [0.4, 0.5) is 0 Å². The minimum atomic E-state index is 0.760. The van der Waals surface area contributed by atoms with Crippen molar-refractivity contribution in [2.75, 3.05) is 0 Å². The van der Waals surface area contributed by atoms with Crippen LogP contribution in [0.2, 0.25) is 0 Å². The van der Waals surface area contributed by atoms with Gasteiger partial charge in [0.25, 0.3) is 0 Å². The van der Waals surface area contributed by atoms with Crippen LogP contribution in [-0.2, 0) is 0 Å². The van der Waals surface area contributed by atoms with Crippen molar-refractivity contribution in [1.29, 1.82) is 0 Å². The van der Waals surface area contributed by atoms with E-state index in [-0.39, 0.29) is 0 Å². The maximum atomic E-state index is 5.23. The number of rotatable bonds is 2. The Morgan fingerprint density at radius 2 is 1.18 bits per heavy atom. The molecule has 3 heteroatoms. The fourth-order valence-electron chi connectivity index (χ4n) is 7.22. The maximum Gasteiger partial charge on any atom is 0.160 e. The molecule has 2 aromatic heterocycles. The highest BCUT2D eigenvalue weighted by Gasteiger charge is 2.20. The second kappa shape index (κ2) is 9.43. The Morgan fingerprint density at radius 3 is 2.07 bits per heavy atom. The summed E-state index contributed by atoms with van der Waals surface area (Å²) >= 11 is 1.87. The van der Waals surface area contributed by atoms with Gasteiger partial charge in [0.1, 0.15) is 0 Å². The minimum Gasteiger partial charge on any atom is -0.236 e. The zero-order chi connectivity index (χ0) is 29.5. The van der Waals surface area contributed by atoms with Gasteiger partial charge in [-0.1, -0.05) is 115 Å². The molecule has 0 amide bonds. The van der Waals surface area contributed by atoms with Crippen molar-refractivity contribution in [2.45, 2.75) is 0 Å². The molecular formula is C42H24N2S. The van der Waals surface area contributed by atoms with Crippen molar-refractivity contribution in [3.63, 3.8) is 0 Å². The fraction of sp³-hybridized carbons (Fsp3) is 0. The molecule has 10 aromatic rings. The van der Waals surface area contributed by atoms with Gasteiger partial charge in [0, 0.05) is 42.7 Å². The second-order valence-corrected chi connectivity index (χ2v) is 12.8. The molecule has 0 atom stereocenters. The van der Waals surface area contributed by atoms with E-state index in [9.17, 15) is 0 Å². The van der Waals surface area contributed by atoms with Crippen LogP contribution in [0.5, 0.6) is 0 Å². The van der Waals surface area contributed by atoms with Gasteiger partial charge >= 0.3 is 0 Å². The molecule has 0 aliphatic carbocycles. The first-order valence-corrected chi connectivity index (χ1v) is 16.1. The van der Waals surface area contributed by atoms with E-state index in [1.165, 1.54) is 74.4 Å². The molecule has 0 saturated carbocycles. The highest BCUT2D eigenvalue weighted by atomic mass is 32.1. The van der Waals surface area contributed by atoms with Crippen LogP contribution in [0.1, 0.15) is 0 Å². The Kier molecular flexibility index (Phi) is 5.19. The largest absolute Gasteiger partial charge is 0.236 e. The third-order valence-corrected chi connectivity index (χ3v) is 10.5. The molecule has 0 aliphatic heterocycles. The Hall–Kier alpha value is -5.64. The molecule has 45 heavy (non-hydrogen) atoms. The molecule has 8 aromatic carbocycles. The topological polar surface area (TPSA) is 25.8 Å². The first-order chi connectivity index (χ1) is 22.3. The molecule has 0 saturated heterocycles. The average Bonchev–Trinajstić information content (AvgIpc) is 3.51. The molecule has 0 spiro atoms. The Labute approximate surface area is 262 Å². The van der Waals surface area contributed by atoms with Crippen molar-refractivity contribution in [1.82, 2.24) is 9.97 Å². The summed E-state index contributed by atoms with van der Waals surface area (Å²) in [6.45, 7) is 0. The van der Waals surface area contributed by atoms with E-state index in [0.29, 0.717) is 0 Å². The molecule has 0 bridgehead atoms. The second-order valence-electron chi connectivity index (χ2n) is 11.7. The van der Waals surface area contributed by atoms with Crippen molar-refractivity contribution < 1.29 is 0 Å². The minimum absolute atomic E-state index is 0.760. The number of thiophene rings is 1. The third-order valence-electron chi connectivity index (χ3n) is 9.28. The Morgan fingerprint density at radius 1 is 0.444 bits per heavy atom. The smallest absolute Gasteiger partial charge is 0.160 e. The van der Waals surface area contributed by atoms with Crippen molar-refractivity contribution >= 4 is 85.5 Å². The van der Waals surface area contributed by atoms with E-state index < -0.39 is 0 Å². The van der Waals surface area contributed by atoms with Crippen LogP contribution in [0, 0.1) is 0 Å². The number of fused-ring (bicyclic) bond motifs is 13. The van der Waals surface area contributed by atoms with Crippen LogP contribution in [0.25, 0.3) is 96.7 Å². The number of nitrogens with zero attached hydrogens (tertiary/aromatic N) is 2. The molecular weight excluding hydrogens is 565 g/mol. The fourth-order valence-corrected chi connectivity index (χ4v) is 8.51. The van der Waals surface area contributed by atoms with Gasteiger partial charge in [-0.05, 0) is 73.1 Å². The van der Waals surface area contributed by atoms with Gasteiger partial charge < -0.3 is 0 Å². The zero-order valence-corrected chi connectivity index (χ0v) is 25.0. The lowest BCUT2D eigenvalue weighted by Crippen LogP contribution is -1.93. The summed E-state index contributed by atoms with van der Waals surface area (Å²) in [6.07, 6.45) is 2.01. The van der Waals surface area contributed by atoms with Gasteiger partial charge in [-0.15, -0.1) is 11.3 Å². The highest BCUT2D eigenvalue weighted by Crippen LogP contribution is 2.48. The predicted octanol–water partition coefficient (Wildman–Crippen LogP) is 11.9. The molecule has 2 nitrogen and oxygen atoms in total. The van der Waals surface area contributed by atoms with Crippen LogP contribution in [-0.4, -0.2) is 9.97 Å². The van der Waals surface area contributed by atoms with E-state index in [4.69, 9.17) is 9.97 Å². The van der Waals surface area contributed by atoms with Crippen molar-refractivity contribution in [3.8, 4) is 22.5 Å². The van der Waals surface area contributed by atoms with Gasteiger partial charge in [-0.2, -0.15) is 0 Å². The summed E-state index contributed by atoms with van der Waals surface area (Å²) in [5, 5.41) is 13.5. The lowest BCUT2D eigenvalue weighted by molar-refractivity contribution is 1.24. The van der Waals surface area contributed by atoms with Gasteiger partial charge in [0.05, 0.1) is 5.52 Å². The lowest BCUT2D eigenvalue weighted by atomic mass is 9.89. The molecule has 208 valence electrons. The number of hydrogen-bond donors (Lipinski definition) is 0. The third kappa shape index (κ3) is 3.62. The van der Waals surface area contributed by atoms with Crippen molar-refractivity contribution in [3.05, 3.63) is 146 Å². The van der Waals surface area contributed by atoms with E-state index in [1.807, 2.05) is 17.5 Å². The van der Waals surface area contributed by atoms with E-state index in [1.54, 1.807) is 0 Å². The molecule has 0 radical (unpaired) electrons. The van der Waals surface area contributed by atoms with Gasteiger partial charge in [-0.25, -0.2) is 9.97 Å². The van der Waals surface area contributed by atoms with E-state index in [0.717, 1.165) is 22.3 Å². The number of aromatic nitrogens is 2. The van der Waals surface area contributed by atoms with Gasteiger partial charge in [0.2, 0.25) is 0 Å². The highest BCUT2D eigenvalue weighted by molar-refractivity contribution is 7.27. The van der Waals surface area contributed by atoms with Gasteiger partial charge in [0.15, 0.2) is 5.82 Å². The molecule has 2 heterocycles. The first kappa shape index (κ1) is 24.8. The van der Waals surface area contributed by atoms with Crippen LogP contribution in [0.3, 0.4) is 0 Å². The normalized spacial score (nSPS) is 12.0.